The van der Waals surface area contributed by atoms with Crippen LogP contribution in [0.25, 0.3) is 5.69 Å². The predicted octanol–water partition coefficient (Wildman–Crippen LogP) is 4.05. The van der Waals surface area contributed by atoms with E-state index in [9.17, 15) is 4.79 Å². The van der Waals surface area contributed by atoms with Crippen LogP contribution in [0.2, 0.25) is 0 Å². The first kappa shape index (κ1) is 15.0. The van der Waals surface area contributed by atoms with Crippen LogP contribution in [0.4, 0.5) is 5.69 Å². The van der Waals surface area contributed by atoms with Crippen LogP contribution in [-0.4, -0.2) is 15.7 Å². The molecule has 1 heterocycles. The Labute approximate surface area is 135 Å². The molecule has 0 saturated carbocycles. The largest absolute Gasteiger partial charge is 0.322 e. The Bertz CT molecular complexity index is 847. The van der Waals surface area contributed by atoms with E-state index in [-0.39, 0.29) is 5.91 Å². The molecule has 0 unspecified atom stereocenters. The van der Waals surface area contributed by atoms with Gasteiger partial charge in [-0.15, -0.1) is 0 Å². The fourth-order valence-corrected chi connectivity index (χ4v) is 2.46. The van der Waals surface area contributed by atoms with Gasteiger partial charge in [0.25, 0.3) is 5.91 Å². The quantitative estimate of drug-likeness (QED) is 0.793. The molecule has 2 aromatic carbocycles. The Morgan fingerprint density at radius 3 is 2.39 bits per heavy atom. The van der Waals surface area contributed by atoms with Gasteiger partial charge in [0.2, 0.25) is 0 Å². The fraction of sp³-hybridized carbons (Fsp3) is 0.158. The van der Waals surface area contributed by atoms with Crippen molar-refractivity contribution in [1.82, 2.24) is 9.78 Å². The molecule has 1 N–H and O–H groups in total. The van der Waals surface area contributed by atoms with E-state index in [1.165, 1.54) is 0 Å². The number of aryl methyl sites for hydroxylation is 3. The molecule has 0 saturated heterocycles. The summed E-state index contributed by atoms with van der Waals surface area (Å²) in [6, 6.07) is 15.4. The Balaban J connectivity index is 1.81. The van der Waals surface area contributed by atoms with Crippen LogP contribution in [0.15, 0.2) is 54.7 Å². The van der Waals surface area contributed by atoms with Crippen LogP contribution in [0.1, 0.15) is 27.2 Å². The second-order valence-corrected chi connectivity index (χ2v) is 5.70. The third kappa shape index (κ3) is 3.16. The van der Waals surface area contributed by atoms with E-state index < -0.39 is 0 Å². The molecule has 3 rings (SSSR count). The van der Waals surface area contributed by atoms with Crippen LogP contribution in [0, 0.1) is 20.8 Å². The van der Waals surface area contributed by atoms with Crippen LogP contribution >= 0.6 is 0 Å². The van der Waals surface area contributed by atoms with E-state index in [1.807, 2.05) is 74.0 Å². The van der Waals surface area contributed by atoms with Crippen molar-refractivity contribution in [2.24, 2.45) is 0 Å². The van der Waals surface area contributed by atoms with E-state index in [0.717, 1.165) is 28.2 Å². The van der Waals surface area contributed by atoms with Gasteiger partial charge in [0.1, 0.15) is 0 Å². The molecule has 0 fully saturated rings. The maximum atomic E-state index is 12.4. The normalized spacial score (nSPS) is 10.6. The number of benzene rings is 2. The molecule has 0 radical (unpaired) electrons. The van der Waals surface area contributed by atoms with Crippen molar-refractivity contribution in [2.45, 2.75) is 20.8 Å². The summed E-state index contributed by atoms with van der Waals surface area (Å²) in [5.41, 5.74) is 5.64. The Morgan fingerprint density at radius 1 is 1.00 bits per heavy atom. The lowest BCUT2D eigenvalue weighted by molar-refractivity contribution is 0.102. The summed E-state index contributed by atoms with van der Waals surface area (Å²) in [7, 11) is 0. The van der Waals surface area contributed by atoms with E-state index >= 15 is 0 Å². The number of nitrogens with zero attached hydrogens (tertiary/aromatic N) is 2. The van der Waals surface area contributed by atoms with E-state index in [2.05, 4.69) is 10.4 Å². The van der Waals surface area contributed by atoms with Gasteiger partial charge in [-0.2, -0.15) is 5.10 Å². The maximum absolute atomic E-state index is 12.4. The summed E-state index contributed by atoms with van der Waals surface area (Å²) < 4.78 is 1.84. The van der Waals surface area contributed by atoms with Crippen molar-refractivity contribution in [3.8, 4) is 5.69 Å². The third-order valence-electron chi connectivity index (χ3n) is 3.85. The van der Waals surface area contributed by atoms with E-state index in [1.54, 1.807) is 6.20 Å². The van der Waals surface area contributed by atoms with Gasteiger partial charge in [-0.25, -0.2) is 4.68 Å². The van der Waals surface area contributed by atoms with Gasteiger partial charge in [-0.05, 0) is 68.3 Å². The van der Waals surface area contributed by atoms with Gasteiger partial charge in [-0.1, -0.05) is 12.1 Å². The summed E-state index contributed by atoms with van der Waals surface area (Å²) in [5.74, 6) is -0.109. The average molecular weight is 305 g/mol. The zero-order valence-electron chi connectivity index (χ0n) is 13.5. The third-order valence-corrected chi connectivity index (χ3v) is 3.85. The summed E-state index contributed by atoms with van der Waals surface area (Å²) in [6.45, 7) is 5.99. The molecule has 0 bridgehead atoms. The lowest BCUT2D eigenvalue weighted by atomic mass is 10.1. The number of rotatable bonds is 3. The van der Waals surface area contributed by atoms with Crippen molar-refractivity contribution < 1.29 is 4.79 Å². The first-order chi connectivity index (χ1) is 11.0. The summed E-state index contributed by atoms with van der Waals surface area (Å²) >= 11 is 0. The molecular weight excluding hydrogens is 286 g/mol. The molecule has 23 heavy (non-hydrogen) atoms. The SMILES string of the molecule is Cc1ccc(C)c(NC(=O)c2ccc(-n3nccc3C)cc2)c1. The second-order valence-electron chi connectivity index (χ2n) is 5.70. The van der Waals surface area contributed by atoms with Crippen LogP contribution in [0.3, 0.4) is 0 Å². The highest BCUT2D eigenvalue weighted by Crippen LogP contribution is 2.18. The van der Waals surface area contributed by atoms with Gasteiger partial charge in [-0.3, -0.25) is 4.79 Å². The van der Waals surface area contributed by atoms with Crippen molar-refractivity contribution in [2.75, 3.05) is 5.32 Å². The van der Waals surface area contributed by atoms with Crippen LogP contribution < -0.4 is 5.32 Å². The highest BCUT2D eigenvalue weighted by Gasteiger charge is 2.09. The van der Waals surface area contributed by atoms with Gasteiger partial charge in [0.15, 0.2) is 0 Å². The summed E-state index contributed by atoms with van der Waals surface area (Å²) in [4.78, 5) is 12.4. The Morgan fingerprint density at radius 2 is 1.74 bits per heavy atom. The molecule has 1 amide bonds. The average Bonchev–Trinajstić information content (AvgIpc) is 2.97. The first-order valence-electron chi connectivity index (χ1n) is 7.54. The topological polar surface area (TPSA) is 46.9 Å². The van der Waals surface area contributed by atoms with Crippen molar-refractivity contribution >= 4 is 11.6 Å². The number of carbonyl (C=O) groups is 1. The minimum atomic E-state index is -0.109. The second kappa shape index (κ2) is 6.08. The van der Waals surface area contributed by atoms with Gasteiger partial charge >= 0.3 is 0 Å². The zero-order valence-corrected chi connectivity index (χ0v) is 13.5. The number of nitrogens with one attached hydrogen (secondary N) is 1. The molecule has 4 heteroatoms. The smallest absolute Gasteiger partial charge is 0.255 e. The molecule has 4 nitrogen and oxygen atoms in total. The predicted molar refractivity (Wildman–Crippen MR) is 92.2 cm³/mol. The highest BCUT2D eigenvalue weighted by atomic mass is 16.1. The van der Waals surface area contributed by atoms with E-state index in [4.69, 9.17) is 0 Å². The van der Waals surface area contributed by atoms with Crippen molar-refractivity contribution in [1.29, 1.82) is 0 Å². The number of hydrogen-bond donors (Lipinski definition) is 1. The molecule has 0 spiro atoms. The molecule has 0 atom stereocenters. The van der Waals surface area contributed by atoms with E-state index in [0.29, 0.717) is 5.56 Å². The number of amides is 1. The van der Waals surface area contributed by atoms with Gasteiger partial charge < -0.3 is 5.32 Å². The molecular formula is C19H19N3O. The lowest BCUT2D eigenvalue weighted by Crippen LogP contribution is -2.13. The number of anilines is 1. The molecule has 0 aliphatic heterocycles. The molecule has 116 valence electrons. The number of aromatic nitrogens is 2. The fourth-order valence-electron chi connectivity index (χ4n) is 2.46. The summed E-state index contributed by atoms with van der Waals surface area (Å²) in [6.07, 6.45) is 1.76. The van der Waals surface area contributed by atoms with Crippen molar-refractivity contribution in [3.63, 3.8) is 0 Å². The Kier molecular flexibility index (Phi) is 3.98. The minimum Gasteiger partial charge on any atom is -0.322 e. The first-order valence-corrected chi connectivity index (χ1v) is 7.54. The molecule has 0 aliphatic rings. The van der Waals surface area contributed by atoms with Crippen molar-refractivity contribution in [3.05, 3.63) is 77.1 Å². The van der Waals surface area contributed by atoms with Crippen LogP contribution in [0.5, 0.6) is 0 Å². The standard InChI is InChI=1S/C19H19N3O/c1-13-4-5-14(2)18(12-13)21-19(23)16-6-8-17(9-7-16)22-15(3)10-11-20-22/h4-12H,1-3H3,(H,21,23). The van der Waals surface area contributed by atoms with Gasteiger partial charge in [0.05, 0.1) is 5.69 Å². The zero-order chi connectivity index (χ0) is 16.4. The lowest BCUT2D eigenvalue weighted by Gasteiger charge is -2.10. The monoisotopic (exact) mass is 305 g/mol. The molecule has 3 aromatic rings. The van der Waals surface area contributed by atoms with Gasteiger partial charge in [0, 0.05) is 23.1 Å². The number of carbonyl (C=O) groups excluding carboxylic acids is 1. The minimum absolute atomic E-state index is 0.109. The summed E-state index contributed by atoms with van der Waals surface area (Å²) in [5, 5.41) is 7.24. The molecule has 0 aliphatic carbocycles. The highest BCUT2D eigenvalue weighted by molar-refractivity contribution is 6.04. The van der Waals surface area contributed by atoms with Crippen LogP contribution in [-0.2, 0) is 0 Å². The molecule has 1 aromatic heterocycles. The Hall–Kier alpha value is -2.88. The number of hydrogen-bond acceptors (Lipinski definition) is 2. The maximum Gasteiger partial charge on any atom is 0.255 e.